The van der Waals surface area contributed by atoms with E-state index >= 15 is 0 Å². The lowest BCUT2D eigenvalue weighted by Crippen LogP contribution is -2.16. The lowest BCUT2D eigenvalue weighted by Gasteiger charge is -2.13. The molecule has 1 aromatic rings. The third-order valence-electron chi connectivity index (χ3n) is 3.43. The molecule has 0 spiro atoms. The fourth-order valence-electron chi connectivity index (χ4n) is 2.30. The predicted molar refractivity (Wildman–Crippen MR) is 73.3 cm³/mol. The van der Waals surface area contributed by atoms with Crippen molar-refractivity contribution in [2.75, 3.05) is 23.4 Å². The van der Waals surface area contributed by atoms with Crippen LogP contribution < -0.4 is 5.32 Å². The monoisotopic (exact) mass is 338 g/mol. The van der Waals surface area contributed by atoms with Crippen LogP contribution in [0.25, 0.3) is 0 Å². The first-order chi connectivity index (χ1) is 10.1. The van der Waals surface area contributed by atoms with Gasteiger partial charge >= 0.3 is 6.18 Å². The van der Waals surface area contributed by atoms with E-state index in [4.69, 9.17) is 0 Å². The SMILES string of the molecule is O=[N+]([O-])c1cc(C(F)(F)F)ccc1NCC1CCS(=O)(=O)C1. The first-order valence-electron chi connectivity index (χ1n) is 6.38. The zero-order valence-corrected chi connectivity index (χ0v) is 12.1. The van der Waals surface area contributed by atoms with Gasteiger partial charge in [-0.2, -0.15) is 13.2 Å². The zero-order chi connectivity index (χ0) is 16.5. The van der Waals surface area contributed by atoms with Crippen molar-refractivity contribution in [2.45, 2.75) is 12.6 Å². The van der Waals surface area contributed by atoms with Gasteiger partial charge in [0.15, 0.2) is 9.84 Å². The average molecular weight is 338 g/mol. The minimum absolute atomic E-state index is 0.0194. The molecule has 1 N–H and O–H groups in total. The molecular formula is C12H13F3N2O4S. The predicted octanol–water partition coefficient (Wildman–Crippen LogP) is 2.46. The summed E-state index contributed by atoms with van der Waals surface area (Å²) in [5, 5.41) is 13.6. The van der Waals surface area contributed by atoms with Gasteiger partial charge in [0.25, 0.3) is 5.69 Å². The number of hydrogen-bond acceptors (Lipinski definition) is 5. The molecule has 1 heterocycles. The lowest BCUT2D eigenvalue weighted by atomic mass is 10.1. The molecule has 1 aromatic carbocycles. The molecule has 1 atom stereocenters. The Morgan fingerprint density at radius 3 is 2.55 bits per heavy atom. The number of nitrogens with zero attached hydrogens (tertiary/aromatic N) is 1. The van der Waals surface area contributed by atoms with E-state index in [9.17, 15) is 31.7 Å². The molecule has 22 heavy (non-hydrogen) atoms. The maximum absolute atomic E-state index is 12.6. The normalized spacial score (nSPS) is 20.8. The van der Waals surface area contributed by atoms with Crippen LogP contribution in [0.4, 0.5) is 24.5 Å². The van der Waals surface area contributed by atoms with Crippen LogP contribution in [0.2, 0.25) is 0 Å². The van der Waals surface area contributed by atoms with E-state index in [1.54, 1.807) is 0 Å². The Morgan fingerprint density at radius 1 is 1.36 bits per heavy atom. The summed E-state index contributed by atoms with van der Waals surface area (Å²) in [7, 11) is -3.08. The van der Waals surface area contributed by atoms with Gasteiger partial charge in [-0.1, -0.05) is 0 Å². The Bertz CT molecular complexity index is 688. The second-order valence-electron chi connectivity index (χ2n) is 5.14. The zero-order valence-electron chi connectivity index (χ0n) is 11.3. The van der Waals surface area contributed by atoms with Gasteiger partial charge in [-0.15, -0.1) is 0 Å². The molecule has 122 valence electrons. The van der Waals surface area contributed by atoms with Crippen LogP contribution in [0, 0.1) is 16.0 Å². The minimum Gasteiger partial charge on any atom is -0.379 e. The van der Waals surface area contributed by atoms with Crippen molar-refractivity contribution >= 4 is 21.2 Å². The Labute approximate surface area is 124 Å². The maximum atomic E-state index is 12.6. The minimum atomic E-state index is -4.66. The first-order valence-corrected chi connectivity index (χ1v) is 8.20. The van der Waals surface area contributed by atoms with Crippen LogP contribution in [0.1, 0.15) is 12.0 Å². The number of anilines is 1. The van der Waals surface area contributed by atoms with Gasteiger partial charge in [-0.25, -0.2) is 8.42 Å². The van der Waals surface area contributed by atoms with Gasteiger partial charge in [0.05, 0.1) is 22.0 Å². The topological polar surface area (TPSA) is 89.3 Å². The Hall–Kier alpha value is -1.84. The van der Waals surface area contributed by atoms with Crippen molar-refractivity contribution < 1.29 is 26.5 Å². The van der Waals surface area contributed by atoms with Crippen LogP contribution in [0.15, 0.2) is 18.2 Å². The quantitative estimate of drug-likeness (QED) is 0.673. The number of sulfone groups is 1. The van der Waals surface area contributed by atoms with E-state index < -0.39 is 32.2 Å². The molecule has 2 rings (SSSR count). The number of nitrogens with one attached hydrogen (secondary N) is 1. The van der Waals surface area contributed by atoms with E-state index in [1.165, 1.54) is 0 Å². The van der Waals surface area contributed by atoms with Gasteiger partial charge in [-0.3, -0.25) is 10.1 Å². The van der Waals surface area contributed by atoms with Crippen LogP contribution in [-0.4, -0.2) is 31.4 Å². The summed E-state index contributed by atoms with van der Waals surface area (Å²) in [6.07, 6.45) is -4.23. The van der Waals surface area contributed by atoms with E-state index in [0.717, 1.165) is 12.1 Å². The van der Waals surface area contributed by atoms with Crippen LogP contribution in [0.3, 0.4) is 0 Å². The number of halogens is 3. The van der Waals surface area contributed by atoms with E-state index in [0.29, 0.717) is 12.5 Å². The first kappa shape index (κ1) is 16.5. The smallest absolute Gasteiger partial charge is 0.379 e. The summed E-state index contributed by atoms with van der Waals surface area (Å²) in [4.78, 5) is 10.0. The average Bonchev–Trinajstić information content (AvgIpc) is 2.74. The number of nitro benzene ring substituents is 1. The highest BCUT2D eigenvalue weighted by molar-refractivity contribution is 7.91. The molecule has 1 fully saturated rings. The number of hydrogen-bond donors (Lipinski definition) is 1. The number of rotatable bonds is 4. The highest BCUT2D eigenvalue weighted by Gasteiger charge is 2.33. The van der Waals surface area contributed by atoms with Gasteiger partial charge < -0.3 is 5.32 Å². The van der Waals surface area contributed by atoms with Crippen LogP contribution >= 0.6 is 0 Å². The Balaban J connectivity index is 2.15. The third kappa shape index (κ3) is 3.87. The number of alkyl halides is 3. The summed E-state index contributed by atoms with van der Waals surface area (Å²) >= 11 is 0. The number of benzene rings is 1. The summed E-state index contributed by atoms with van der Waals surface area (Å²) in [6.45, 7) is 0.158. The van der Waals surface area contributed by atoms with E-state index in [-0.39, 0.29) is 29.7 Å². The van der Waals surface area contributed by atoms with Gasteiger partial charge in [0, 0.05) is 12.6 Å². The van der Waals surface area contributed by atoms with Crippen LogP contribution in [-0.2, 0) is 16.0 Å². The molecule has 1 aliphatic heterocycles. The van der Waals surface area contributed by atoms with E-state index in [1.807, 2.05) is 0 Å². The molecule has 0 bridgehead atoms. The largest absolute Gasteiger partial charge is 0.416 e. The van der Waals surface area contributed by atoms with E-state index in [2.05, 4.69) is 5.32 Å². The van der Waals surface area contributed by atoms with Crippen molar-refractivity contribution in [2.24, 2.45) is 5.92 Å². The summed E-state index contributed by atoms with van der Waals surface area (Å²) < 4.78 is 60.4. The summed E-state index contributed by atoms with van der Waals surface area (Å²) in [6, 6.07) is 2.21. The van der Waals surface area contributed by atoms with Gasteiger partial charge in [0.2, 0.25) is 0 Å². The van der Waals surface area contributed by atoms with Crippen molar-refractivity contribution in [3.63, 3.8) is 0 Å². The molecule has 1 unspecified atom stereocenters. The second kappa shape index (κ2) is 5.75. The molecule has 1 aliphatic rings. The summed E-state index contributed by atoms with van der Waals surface area (Å²) in [5.74, 6) is -0.157. The second-order valence-corrected chi connectivity index (χ2v) is 7.37. The molecule has 10 heteroatoms. The molecular weight excluding hydrogens is 325 g/mol. The standard InChI is InChI=1S/C12H13F3N2O4S/c13-12(14,15)9-1-2-10(11(5-9)17(18)19)16-6-8-3-4-22(20,21)7-8/h1-2,5,8,16H,3-4,6-7H2. The molecule has 1 saturated heterocycles. The van der Waals surface area contributed by atoms with Crippen molar-refractivity contribution in [1.82, 2.24) is 0 Å². The van der Waals surface area contributed by atoms with Gasteiger partial charge in [-0.05, 0) is 24.5 Å². The molecule has 6 nitrogen and oxygen atoms in total. The molecule has 0 amide bonds. The highest BCUT2D eigenvalue weighted by atomic mass is 32.2. The lowest BCUT2D eigenvalue weighted by molar-refractivity contribution is -0.384. The molecule has 0 saturated carbocycles. The third-order valence-corrected chi connectivity index (χ3v) is 5.27. The Morgan fingerprint density at radius 2 is 2.05 bits per heavy atom. The maximum Gasteiger partial charge on any atom is 0.416 e. The fraction of sp³-hybridized carbons (Fsp3) is 0.500. The van der Waals surface area contributed by atoms with Gasteiger partial charge in [0.1, 0.15) is 5.69 Å². The van der Waals surface area contributed by atoms with Crippen molar-refractivity contribution in [3.8, 4) is 0 Å². The van der Waals surface area contributed by atoms with Crippen molar-refractivity contribution in [1.29, 1.82) is 0 Å². The number of nitro groups is 1. The Kier molecular flexibility index (Phi) is 4.32. The molecule has 0 aliphatic carbocycles. The fourth-order valence-corrected chi connectivity index (χ4v) is 4.16. The highest BCUT2D eigenvalue weighted by Crippen LogP contribution is 2.35. The molecule has 0 aromatic heterocycles. The van der Waals surface area contributed by atoms with Crippen molar-refractivity contribution in [3.05, 3.63) is 33.9 Å². The summed E-state index contributed by atoms with van der Waals surface area (Å²) in [5.41, 5.74) is -1.84. The van der Waals surface area contributed by atoms with Crippen LogP contribution in [0.5, 0.6) is 0 Å². The molecule has 0 radical (unpaired) electrons.